The van der Waals surface area contributed by atoms with E-state index in [-0.39, 0.29) is 11.8 Å². The smallest absolute Gasteiger partial charge is 0.230 e. The predicted octanol–water partition coefficient (Wildman–Crippen LogP) is 3.71. The van der Waals surface area contributed by atoms with Gasteiger partial charge in [-0.1, -0.05) is 42.3 Å². The van der Waals surface area contributed by atoms with Crippen LogP contribution in [-0.4, -0.2) is 25.5 Å². The number of aromatic nitrogens is 4. The van der Waals surface area contributed by atoms with Crippen LogP contribution in [0, 0.1) is 5.92 Å². The Morgan fingerprint density at radius 3 is 2.60 bits per heavy atom. The third-order valence-corrected chi connectivity index (χ3v) is 4.11. The summed E-state index contributed by atoms with van der Waals surface area (Å²) in [5.74, 6) is 0.130. The zero-order chi connectivity index (χ0) is 17.8. The minimum Gasteiger partial charge on any atom is -0.309 e. The van der Waals surface area contributed by atoms with E-state index in [0.29, 0.717) is 29.0 Å². The van der Waals surface area contributed by atoms with Crippen molar-refractivity contribution in [3.8, 4) is 0 Å². The monoisotopic (exact) mass is 377 g/mol. The van der Waals surface area contributed by atoms with E-state index in [2.05, 4.69) is 15.5 Å². The van der Waals surface area contributed by atoms with Crippen LogP contribution in [0.15, 0.2) is 48.9 Å². The van der Waals surface area contributed by atoms with E-state index in [0.717, 1.165) is 5.56 Å². The molecule has 1 unspecified atom stereocenters. The van der Waals surface area contributed by atoms with Crippen molar-refractivity contribution < 1.29 is 4.79 Å². The highest BCUT2D eigenvalue weighted by molar-refractivity contribution is 6.30. The standard InChI is InChI=1S/C17H17Cl2N5O/c1-12(9-24-11-15(19)8-20-24)17(25)21-16-6-7-23(22-16)10-13-2-4-14(18)5-3-13/h2-8,11-12H,9-10H2,1H3,(H,21,22,25). The minimum absolute atomic E-state index is 0.122. The second-order valence-electron chi connectivity index (χ2n) is 5.80. The van der Waals surface area contributed by atoms with Crippen molar-refractivity contribution >= 4 is 34.9 Å². The summed E-state index contributed by atoms with van der Waals surface area (Å²) in [6.07, 6.45) is 5.05. The first-order valence-electron chi connectivity index (χ1n) is 7.76. The Bertz CT molecular complexity index is 856. The lowest BCUT2D eigenvalue weighted by atomic mass is 10.1. The van der Waals surface area contributed by atoms with Crippen LogP contribution in [0.4, 0.5) is 5.82 Å². The summed E-state index contributed by atoms with van der Waals surface area (Å²) in [5, 5.41) is 12.5. The van der Waals surface area contributed by atoms with E-state index in [9.17, 15) is 4.79 Å². The van der Waals surface area contributed by atoms with E-state index < -0.39 is 0 Å². The molecule has 2 heterocycles. The highest BCUT2D eigenvalue weighted by atomic mass is 35.5. The average Bonchev–Trinajstić information content (AvgIpc) is 3.18. The number of anilines is 1. The third kappa shape index (κ3) is 4.84. The van der Waals surface area contributed by atoms with Crippen LogP contribution in [0.2, 0.25) is 10.0 Å². The van der Waals surface area contributed by atoms with Crippen LogP contribution in [0.1, 0.15) is 12.5 Å². The molecule has 0 aliphatic carbocycles. The lowest BCUT2D eigenvalue weighted by Crippen LogP contribution is -2.24. The molecule has 2 aromatic heterocycles. The zero-order valence-electron chi connectivity index (χ0n) is 13.6. The molecule has 0 aliphatic rings. The van der Waals surface area contributed by atoms with Gasteiger partial charge in [0.2, 0.25) is 5.91 Å². The first-order chi connectivity index (χ1) is 12.0. The number of nitrogens with zero attached hydrogens (tertiary/aromatic N) is 4. The summed E-state index contributed by atoms with van der Waals surface area (Å²) in [4.78, 5) is 12.3. The molecule has 3 rings (SSSR count). The molecule has 0 fully saturated rings. The lowest BCUT2D eigenvalue weighted by Gasteiger charge is -2.10. The summed E-state index contributed by atoms with van der Waals surface area (Å²) in [6.45, 7) is 2.88. The second kappa shape index (κ2) is 7.72. The fourth-order valence-electron chi connectivity index (χ4n) is 2.34. The molecule has 0 aliphatic heterocycles. The largest absolute Gasteiger partial charge is 0.309 e. The summed E-state index contributed by atoms with van der Waals surface area (Å²) in [5.41, 5.74) is 1.08. The van der Waals surface area contributed by atoms with Gasteiger partial charge in [-0.2, -0.15) is 10.2 Å². The van der Waals surface area contributed by atoms with Gasteiger partial charge >= 0.3 is 0 Å². The number of hydrogen-bond donors (Lipinski definition) is 1. The van der Waals surface area contributed by atoms with Crippen LogP contribution in [-0.2, 0) is 17.9 Å². The number of benzene rings is 1. The van der Waals surface area contributed by atoms with E-state index >= 15 is 0 Å². The van der Waals surface area contributed by atoms with Gasteiger partial charge in [0.05, 0.1) is 30.2 Å². The summed E-state index contributed by atoms with van der Waals surface area (Å²) in [7, 11) is 0. The minimum atomic E-state index is -0.266. The van der Waals surface area contributed by atoms with Gasteiger partial charge in [0.1, 0.15) is 0 Å². The molecular weight excluding hydrogens is 361 g/mol. The molecule has 3 aromatic rings. The number of carbonyl (C=O) groups is 1. The fourth-order valence-corrected chi connectivity index (χ4v) is 2.63. The van der Waals surface area contributed by atoms with Crippen LogP contribution in [0.25, 0.3) is 0 Å². The van der Waals surface area contributed by atoms with E-state index in [4.69, 9.17) is 23.2 Å². The number of nitrogens with one attached hydrogen (secondary N) is 1. The van der Waals surface area contributed by atoms with Crippen molar-refractivity contribution in [3.05, 3.63) is 64.5 Å². The number of hydrogen-bond acceptors (Lipinski definition) is 3. The van der Waals surface area contributed by atoms with Gasteiger partial charge < -0.3 is 5.32 Å². The van der Waals surface area contributed by atoms with Gasteiger partial charge in [0.25, 0.3) is 0 Å². The molecular formula is C17H17Cl2N5O. The van der Waals surface area contributed by atoms with Crippen molar-refractivity contribution in [1.29, 1.82) is 0 Å². The Balaban J connectivity index is 1.56. The molecule has 130 valence electrons. The van der Waals surface area contributed by atoms with Gasteiger partial charge in [-0.05, 0) is 17.7 Å². The highest BCUT2D eigenvalue weighted by Crippen LogP contribution is 2.13. The summed E-state index contributed by atoms with van der Waals surface area (Å²) < 4.78 is 3.41. The zero-order valence-corrected chi connectivity index (χ0v) is 15.1. The van der Waals surface area contributed by atoms with Gasteiger partial charge in [-0.25, -0.2) is 0 Å². The number of halogens is 2. The van der Waals surface area contributed by atoms with E-state index in [1.807, 2.05) is 37.4 Å². The Kier molecular flexibility index (Phi) is 5.40. The molecule has 0 bridgehead atoms. The maximum Gasteiger partial charge on any atom is 0.230 e. The molecule has 25 heavy (non-hydrogen) atoms. The van der Waals surface area contributed by atoms with Crippen molar-refractivity contribution in [1.82, 2.24) is 19.6 Å². The molecule has 1 atom stereocenters. The van der Waals surface area contributed by atoms with Gasteiger partial charge in [0, 0.05) is 23.5 Å². The quantitative estimate of drug-likeness (QED) is 0.711. The van der Waals surface area contributed by atoms with Crippen LogP contribution in [0.3, 0.4) is 0 Å². The van der Waals surface area contributed by atoms with Crippen molar-refractivity contribution in [3.63, 3.8) is 0 Å². The number of rotatable bonds is 6. The lowest BCUT2D eigenvalue weighted by molar-refractivity contribution is -0.119. The number of carbonyl (C=O) groups excluding carboxylic acids is 1. The molecule has 0 radical (unpaired) electrons. The van der Waals surface area contributed by atoms with Gasteiger partial charge in [0.15, 0.2) is 5.82 Å². The highest BCUT2D eigenvalue weighted by Gasteiger charge is 2.15. The molecule has 6 nitrogen and oxygen atoms in total. The van der Waals surface area contributed by atoms with Crippen molar-refractivity contribution in [2.24, 2.45) is 5.92 Å². The molecule has 0 spiro atoms. The van der Waals surface area contributed by atoms with Crippen molar-refractivity contribution in [2.45, 2.75) is 20.0 Å². The summed E-state index contributed by atoms with van der Waals surface area (Å²) in [6, 6.07) is 9.34. The Morgan fingerprint density at radius 2 is 1.92 bits per heavy atom. The van der Waals surface area contributed by atoms with E-state index in [1.165, 1.54) is 0 Å². The van der Waals surface area contributed by atoms with Gasteiger partial charge in [-0.15, -0.1) is 0 Å². The van der Waals surface area contributed by atoms with Crippen LogP contribution < -0.4 is 5.32 Å². The third-order valence-electron chi connectivity index (χ3n) is 3.66. The Hall–Kier alpha value is -2.31. The van der Waals surface area contributed by atoms with Crippen LogP contribution >= 0.6 is 23.2 Å². The maximum absolute atomic E-state index is 12.3. The van der Waals surface area contributed by atoms with E-state index in [1.54, 1.807) is 27.8 Å². The molecule has 1 amide bonds. The fraction of sp³-hybridized carbons (Fsp3) is 0.235. The number of amides is 1. The van der Waals surface area contributed by atoms with Crippen LogP contribution in [0.5, 0.6) is 0 Å². The molecule has 1 aromatic carbocycles. The first-order valence-corrected chi connectivity index (χ1v) is 8.52. The molecule has 0 saturated heterocycles. The maximum atomic E-state index is 12.3. The van der Waals surface area contributed by atoms with Gasteiger partial charge in [-0.3, -0.25) is 14.2 Å². The SMILES string of the molecule is CC(Cn1cc(Cl)cn1)C(=O)Nc1ccn(Cc2ccc(Cl)cc2)n1. The predicted molar refractivity (Wildman–Crippen MR) is 97.8 cm³/mol. The average molecular weight is 378 g/mol. The summed E-state index contributed by atoms with van der Waals surface area (Å²) >= 11 is 11.7. The molecule has 1 N–H and O–H groups in total. The normalized spacial score (nSPS) is 12.1. The Labute approximate surface area is 155 Å². The molecule has 0 saturated carbocycles. The van der Waals surface area contributed by atoms with Crippen molar-refractivity contribution in [2.75, 3.05) is 5.32 Å². The Morgan fingerprint density at radius 1 is 1.16 bits per heavy atom. The first kappa shape index (κ1) is 17.5. The molecule has 8 heteroatoms. The topological polar surface area (TPSA) is 64.7 Å². The second-order valence-corrected chi connectivity index (χ2v) is 6.67.